The van der Waals surface area contributed by atoms with E-state index in [1.54, 1.807) is 32.0 Å². The monoisotopic (exact) mass is 429 g/mol. The van der Waals surface area contributed by atoms with Gasteiger partial charge in [-0.3, -0.25) is 14.1 Å². The van der Waals surface area contributed by atoms with E-state index in [0.717, 1.165) is 0 Å². The molecule has 2 aliphatic heterocycles. The molecule has 152 valence electrons. The SMILES string of the molecule is CC1(C)S[C@@H]2[C@H](NC(=O)[C@H](NS(=O)(=O)O)c3ccccc3)C(=O)N2[C@H]1C(=O)O. The second-order valence-electron chi connectivity index (χ2n) is 7.02. The molecule has 0 saturated carbocycles. The number of benzene rings is 1. The van der Waals surface area contributed by atoms with E-state index in [2.05, 4.69) is 5.32 Å². The average Bonchev–Trinajstić information content (AvgIpc) is 2.85. The Bertz CT molecular complexity index is 919. The van der Waals surface area contributed by atoms with Crippen LogP contribution < -0.4 is 10.0 Å². The van der Waals surface area contributed by atoms with Crippen molar-refractivity contribution in [2.75, 3.05) is 0 Å². The van der Waals surface area contributed by atoms with Crippen molar-refractivity contribution >= 4 is 39.8 Å². The van der Waals surface area contributed by atoms with Gasteiger partial charge in [0, 0.05) is 4.75 Å². The van der Waals surface area contributed by atoms with E-state index in [-0.39, 0.29) is 5.56 Å². The third-order valence-corrected chi connectivity index (χ3v) is 6.74. The molecule has 2 amide bonds. The highest BCUT2D eigenvalue weighted by atomic mass is 32.2. The number of hydrogen-bond donors (Lipinski definition) is 4. The van der Waals surface area contributed by atoms with Gasteiger partial charge in [-0.1, -0.05) is 30.3 Å². The molecule has 0 unspecified atom stereocenters. The maximum atomic E-state index is 12.7. The molecule has 2 fully saturated rings. The fourth-order valence-electron chi connectivity index (χ4n) is 3.45. The standard InChI is InChI=1S/C16H19N3O7S2/c1-16(2)11(15(22)23)19-13(21)10(14(19)27-16)17-12(20)9(18-28(24,25)26)8-6-4-3-5-7-8/h3-7,9-11,14,18H,1-2H3,(H,17,20)(H,22,23)(H,24,25,26)/t9-,10-,11+,14-/m1/s1. The van der Waals surface area contributed by atoms with E-state index in [9.17, 15) is 27.9 Å². The Morgan fingerprint density at radius 2 is 1.86 bits per heavy atom. The van der Waals surface area contributed by atoms with Gasteiger partial charge in [-0.25, -0.2) is 4.79 Å². The van der Waals surface area contributed by atoms with E-state index < -0.39 is 56.3 Å². The largest absolute Gasteiger partial charge is 0.480 e. The molecule has 28 heavy (non-hydrogen) atoms. The molecule has 10 nitrogen and oxygen atoms in total. The zero-order valence-electron chi connectivity index (χ0n) is 14.9. The minimum atomic E-state index is -4.70. The molecule has 2 saturated heterocycles. The van der Waals surface area contributed by atoms with Gasteiger partial charge in [0.25, 0.3) is 0 Å². The van der Waals surface area contributed by atoms with Crippen molar-refractivity contribution in [2.24, 2.45) is 0 Å². The smallest absolute Gasteiger partial charge is 0.334 e. The number of carboxylic acids is 1. The summed E-state index contributed by atoms with van der Waals surface area (Å²) in [7, 11) is -4.70. The predicted octanol–water partition coefficient (Wildman–Crippen LogP) is -0.248. The number of hydrogen-bond acceptors (Lipinski definition) is 6. The second-order valence-corrected chi connectivity index (χ2v) is 9.98. The Hall–Kier alpha value is -2.15. The third kappa shape index (κ3) is 3.72. The highest BCUT2D eigenvalue weighted by Gasteiger charge is 2.64. The van der Waals surface area contributed by atoms with Crippen LogP contribution in [-0.2, 0) is 24.7 Å². The predicted molar refractivity (Wildman–Crippen MR) is 99.5 cm³/mol. The summed E-state index contributed by atoms with van der Waals surface area (Å²) in [4.78, 5) is 37.9. The Balaban J connectivity index is 1.80. The molecule has 0 radical (unpaired) electrons. The molecule has 0 aliphatic carbocycles. The van der Waals surface area contributed by atoms with E-state index in [0.29, 0.717) is 0 Å². The van der Waals surface area contributed by atoms with Gasteiger partial charge in [0.05, 0.1) is 0 Å². The highest BCUT2D eigenvalue weighted by molar-refractivity contribution is 8.01. The maximum absolute atomic E-state index is 12.7. The number of nitrogens with one attached hydrogen (secondary N) is 2. The first kappa shape index (κ1) is 20.6. The summed E-state index contributed by atoms with van der Waals surface area (Å²) in [6.45, 7) is 3.40. The topological polar surface area (TPSA) is 153 Å². The van der Waals surface area contributed by atoms with Gasteiger partial charge in [-0.05, 0) is 19.4 Å². The molecule has 12 heteroatoms. The summed E-state index contributed by atoms with van der Waals surface area (Å²) in [5, 5.41) is 11.3. The number of thioether (sulfide) groups is 1. The van der Waals surface area contributed by atoms with Crippen molar-refractivity contribution in [2.45, 2.75) is 42.1 Å². The molecule has 0 aromatic heterocycles. The summed E-state index contributed by atoms with van der Waals surface area (Å²) in [5.41, 5.74) is 0.268. The first-order valence-electron chi connectivity index (χ1n) is 8.25. The minimum absolute atomic E-state index is 0.268. The fourth-order valence-corrected chi connectivity index (χ4v) is 5.62. The molecule has 3 rings (SSSR count). The van der Waals surface area contributed by atoms with Gasteiger partial charge in [-0.15, -0.1) is 11.8 Å². The number of carboxylic acid groups (broad SMARTS) is 1. The summed E-state index contributed by atoms with van der Waals surface area (Å²) in [6, 6.07) is 4.36. The lowest BCUT2D eigenvalue weighted by atomic mass is 9.95. The first-order valence-corrected chi connectivity index (χ1v) is 10.6. The quantitative estimate of drug-likeness (QED) is 0.357. The molecule has 0 spiro atoms. The molecule has 0 bridgehead atoms. The van der Waals surface area contributed by atoms with E-state index in [4.69, 9.17) is 4.55 Å². The molecular weight excluding hydrogens is 410 g/mol. The van der Waals surface area contributed by atoms with Crippen LogP contribution in [0.1, 0.15) is 25.5 Å². The van der Waals surface area contributed by atoms with Crippen LogP contribution in [0, 0.1) is 0 Å². The van der Waals surface area contributed by atoms with Gasteiger partial charge in [-0.2, -0.15) is 13.1 Å². The number of nitrogens with zero attached hydrogens (tertiary/aromatic N) is 1. The highest BCUT2D eigenvalue weighted by Crippen LogP contribution is 2.50. The number of aliphatic carboxylic acids is 1. The summed E-state index contributed by atoms with van der Waals surface area (Å²) in [6.07, 6.45) is 0. The molecule has 1 aromatic rings. The van der Waals surface area contributed by atoms with E-state index in [1.807, 2.05) is 4.72 Å². The number of carbonyl (C=O) groups is 3. The maximum Gasteiger partial charge on any atom is 0.334 e. The van der Waals surface area contributed by atoms with Gasteiger partial charge in [0.2, 0.25) is 11.8 Å². The Morgan fingerprint density at radius 1 is 1.25 bits per heavy atom. The average molecular weight is 429 g/mol. The lowest BCUT2D eigenvalue weighted by Crippen LogP contribution is -2.71. The lowest BCUT2D eigenvalue weighted by Gasteiger charge is -2.43. The van der Waals surface area contributed by atoms with Crippen LogP contribution in [0.5, 0.6) is 0 Å². The summed E-state index contributed by atoms with van der Waals surface area (Å²) in [5.74, 6) is -2.52. The van der Waals surface area contributed by atoms with E-state index in [1.165, 1.54) is 28.8 Å². The minimum Gasteiger partial charge on any atom is -0.480 e. The third-order valence-electron chi connectivity index (χ3n) is 4.63. The first-order chi connectivity index (χ1) is 12.9. The molecule has 4 atom stereocenters. The molecule has 4 N–H and O–H groups in total. The Kier molecular flexibility index (Phi) is 5.17. The van der Waals surface area contributed by atoms with Crippen molar-refractivity contribution in [3.05, 3.63) is 35.9 Å². The van der Waals surface area contributed by atoms with Gasteiger partial charge < -0.3 is 15.3 Å². The summed E-state index contributed by atoms with van der Waals surface area (Å²) < 4.78 is 32.7. The zero-order valence-corrected chi connectivity index (χ0v) is 16.5. The number of carbonyl (C=O) groups excluding carboxylic acids is 2. The van der Waals surface area contributed by atoms with Crippen molar-refractivity contribution in [3.63, 3.8) is 0 Å². The number of amides is 2. The van der Waals surface area contributed by atoms with E-state index >= 15 is 0 Å². The zero-order chi connectivity index (χ0) is 20.9. The molecular formula is C16H19N3O7S2. The molecule has 2 aliphatic rings. The van der Waals surface area contributed by atoms with Crippen LogP contribution in [0.2, 0.25) is 0 Å². The Morgan fingerprint density at radius 3 is 2.39 bits per heavy atom. The molecule has 2 heterocycles. The molecule has 1 aromatic carbocycles. The van der Waals surface area contributed by atoms with Crippen molar-refractivity contribution in [1.29, 1.82) is 0 Å². The van der Waals surface area contributed by atoms with Crippen LogP contribution >= 0.6 is 11.8 Å². The van der Waals surface area contributed by atoms with Gasteiger partial charge in [0.1, 0.15) is 23.5 Å². The van der Waals surface area contributed by atoms with Crippen molar-refractivity contribution in [3.8, 4) is 0 Å². The number of rotatable bonds is 6. The van der Waals surface area contributed by atoms with Crippen LogP contribution in [0.3, 0.4) is 0 Å². The van der Waals surface area contributed by atoms with Crippen molar-refractivity contribution < 1.29 is 32.5 Å². The Labute approximate surface area is 165 Å². The summed E-state index contributed by atoms with van der Waals surface area (Å²) >= 11 is 1.25. The number of fused-ring (bicyclic) bond motifs is 1. The van der Waals surface area contributed by atoms with Gasteiger partial charge >= 0.3 is 16.3 Å². The van der Waals surface area contributed by atoms with Crippen molar-refractivity contribution in [1.82, 2.24) is 14.9 Å². The normalized spacial score (nSPS) is 26.9. The fraction of sp³-hybridized carbons (Fsp3) is 0.438. The second kappa shape index (κ2) is 7.03. The van der Waals surface area contributed by atoms with Crippen LogP contribution in [0.25, 0.3) is 0 Å². The van der Waals surface area contributed by atoms with Crippen LogP contribution in [-0.4, -0.2) is 63.0 Å². The van der Waals surface area contributed by atoms with Crippen LogP contribution in [0.15, 0.2) is 30.3 Å². The lowest BCUT2D eigenvalue weighted by molar-refractivity contribution is -0.161. The van der Waals surface area contributed by atoms with Crippen LogP contribution in [0.4, 0.5) is 0 Å². The van der Waals surface area contributed by atoms with Gasteiger partial charge in [0.15, 0.2) is 0 Å². The number of β-lactam (4-membered cyclic amide) rings is 1.